The summed E-state index contributed by atoms with van der Waals surface area (Å²) in [5.74, 6) is 0. The number of rotatable bonds is 4. The van der Waals surface area contributed by atoms with Gasteiger partial charge in [0.05, 0.1) is 6.42 Å². The number of halogens is 3. The smallest absolute Gasteiger partial charge is 0.312 e. The Bertz CT molecular complexity index is 317. The van der Waals surface area contributed by atoms with Crippen LogP contribution in [-0.4, -0.2) is 12.7 Å². The highest BCUT2D eigenvalue weighted by Crippen LogP contribution is 2.21. The topological polar surface area (TPSA) is 12.0 Å². The maximum Gasteiger partial charge on any atom is 0.390 e. The maximum absolute atomic E-state index is 11.8. The molecule has 1 rings (SSSR count). The lowest BCUT2D eigenvalue weighted by Crippen LogP contribution is -2.21. The van der Waals surface area contributed by atoms with E-state index in [2.05, 4.69) is 5.32 Å². The van der Waals surface area contributed by atoms with E-state index in [0.717, 1.165) is 5.56 Å². The largest absolute Gasteiger partial charge is 0.390 e. The molecule has 0 unspecified atom stereocenters. The maximum atomic E-state index is 11.8. The molecule has 1 N–H and O–H groups in total. The van der Waals surface area contributed by atoms with Gasteiger partial charge < -0.3 is 5.32 Å². The van der Waals surface area contributed by atoms with Crippen molar-refractivity contribution in [1.82, 2.24) is 5.32 Å². The zero-order valence-corrected chi connectivity index (χ0v) is 9.56. The Morgan fingerprint density at radius 3 is 2.47 bits per heavy atom. The van der Waals surface area contributed by atoms with Gasteiger partial charge in [0.2, 0.25) is 0 Å². The SMILES string of the molecule is Cc1cc(CNCCC(F)(F)F)c(C)s1. The summed E-state index contributed by atoms with van der Waals surface area (Å²) in [6, 6.07) is 2.01. The molecule has 1 aromatic rings. The summed E-state index contributed by atoms with van der Waals surface area (Å²) in [4.78, 5) is 2.37. The lowest BCUT2D eigenvalue weighted by atomic mass is 10.2. The summed E-state index contributed by atoms with van der Waals surface area (Å²) in [5.41, 5.74) is 1.10. The predicted molar refractivity (Wildman–Crippen MR) is 56.2 cm³/mol. The second-order valence-electron chi connectivity index (χ2n) is 3.48. The van der Waals surface area contributed by atoms with Crippen LogP contribution in [0, 0.1) is 13.8 Å². The fourth-order valence-corrected chi connectivity index (χ4v) is 2.26. The van der Waals surface area contributed by atoms with Crippen molar-refractivity contribution >= 4 is 11.3 Å². The van der Waals surface area contributed by atoms with Crippen LogP contribution in [0.4, 0.5) is 13.2 Å². The third-order valence-corrected chi connectivity index (χ3v) is 3.05. The lowest BCUT2D eigenvalue weighted by Gasteiger charge is -2.07. The summed E-state index contributed by atoms with van der Waals surface area (Å²) >= 11 is 1.67. The third kappa shape index (κ3) is 4.66. The summed E-state index contributed by atoms with van der Waals surface area (Å²) < 4.78 is 35.5. The van der Waals surface area contributed by atoms with Gasteiger partial charge in [0.1, 0.15) is 0 Å². The molecule has 1 heterocycles. The van der Waals surface area contributed by atoms with E-state index in [1.54, 1.807) is 11.3 Å². The molecule has 0 aliphatic heterocycles. The molecule has 0 aliphatic carbocycles. The average Bonchev–Trinajstić information content (AvgIpc) is 2.37. The molecular weight excluding hydrogens is 223 g/mol. The second-order valence-corrected chi connectivity index (χ2v) is 4.94. The van der Waals surface area contributed by atoms with Crippen LogP contribution in [0.5, 0.6) is 0 Å². The minimum atomic E-state index is -4.06. The highest BCUT2D eigenvalue weighted by Gasteiger charge is 2.25. The first-order valence-electron chi connectivity index (χ1n) is 4.72. The van der Waals surface area contributed by atoms with Gasteiger partial charge in [-0.2, -0.15) is 13.2 Å². The van der Waals surface area contributed by atoms with Gasteiger partial charge in [0.25, 0.3) is 0 Å². The van der Waals surface area contributed by atoms with E-state index in [9.17, 15) is 13.2 Å². The molecule has 0 aromatic carbocycles. The van der Waals surface area contributed by atoms with Crippen molar-refractivity contribution in [2.24, 2.45) is 0 Å². The molecule has 5 heteroatoms. The van der Waals surface area contributed by atoms with Gasteiger partial charge in [-0.1, -0.05) is 0 Å². The quantitative estimate of drug-likeness (QED) is 0.791. The van der Waals surface area contributed by atoms with Gasteiger partial charge in [0.15, 0.2) is 0 Å². The number of hydrogen-bond acceptors (Lipinski definition) is 2. The Morgan fingerprint density at radius 2 is 2.00 bits per heavy atom. The molecule has 0 spiro atoms. The number of hydrogen-bond donors (Lipinski definition) is 1. The fraction of sp³-hybridized carbons (Fsp3) is 0.600. The molecule has 0 aliphatic rings. The average molecular weight is 237 g/mol. The van der Waals surface area contributed by atoms with E-state index in [-0.39, 0.29) is 6.54 Å². The van der Waals surface area contributed by atoms with Crippen molar-refractivity contribution in [2.45, 2.75) is 33.0 Å². The standard InChI is InChI=1S/C10H14F3NS/c1-7-5-9(8(2)15-7)6-14-4-3-10(11,12)13/h5,14H,3-4,6H2,1-2H3. The Hall–Kier alpha value is -0.550. The van der Waals surface area contributed by atoms with Gasteiger partial charge in [-0.25, -0.2) is 0 Å². The number of thiophene rings is 1. The van der Waals surface area contributed by atoms with E-state index in [1.807, 2.05) is 19.9 Å². The van der Waals surface area contributed by atoms with Crippen LogP contribution in [0.25, 0.3) is 0 Å². The van der Waals surface area contributed by atoms with Gasteiger partial charge in [-0.3, -0.25) is 0 Å². The van der Waals surface area contributed by atoms with Crippen LogP contribution in [0.3, 0.4) is 0 Å². The predicted octanol–water partition coefficient (Wildman–Crippen LogP) is 3.41. The Balaban J connectivity index is 2.29. The van der Waals surface area contributed by atoms with Gasteiger partial charge >= 0.3 is 6.18 Å². The first-order valence-corrected chi connectivity index (χ1v) is 5.53. The molecule has 1 aromatic heterocycles. The molecular formula is C10H14F3NS. The highest BCUT2D eigenvalue weighted by atomic mass is 32.1. The lowest BCUT2D eigenvalue weighted by molar-refractivity contribution is -0.133. The Kier molecular flexibility index (Phi) is 4.16. The van der Waals surface area contributed by atoms with Gasteiger partial charge in [0, 0.05) is 22.8 Å². The fourth-order valence-electron chi connectivity index (χ4n) is 1.31. The van der Waals surface area contributed by atoms with E-state index >= 15 is 0 Å². The van der Waals surface area contributed by atoms with Crippen LogP contribution >= 0.6 is 11.3 Å². The number of aryl methyl sites for hydroxylation is 2. The first kappa shape index (κ1) is 12.5. The first-order chi connectivity index (χ1) is 6.88. The van der Waals surface area contributed by atoms with Crippen LogP contribution in [0.1, 0.15) is 21.7 Å². The van der Waals surface area contributed by atoms with Crippen molar-refractivity contribution in [1.29, 1.82) is 0 Å². The molecule has 1 nitrogen and oxygen atoms in total. The van der Waals surface area contributed by atoms with Crippen LogP contribution in [-0.2, 0) is 6.54 Å². The minimum Gasteiger partial charge on any atom is -0.312 e. The molecule has 0 amide bonds. The Morgan fingerprint density at radius 1 is 1.33 bits per heavy atom. The molecule has 0 radical (unpaired) electrons. The summed E-state index contributed by atoms with van der Waals surface area (Å²) in [7, 11) is 0. The van der Waals surface area contributed by atoms with Crippen molar-refractivity contribution in [2.75, 3.05) is 6.54 Å². The van der Waals surface area contributed by atoms with Crippen LogP contribution in [0.2, 0.25) is 0 Å². The summed E-state index contributed by atoms with van der Waals surface area (Å²) in [6.07, 6.45) is -4.83. The zero-order valence-electron chi connectivity index (χ0n) is 8.74. The minimum absolute atomic E-state index is 0.0160. The van der Waals surface area contributed by atoms with E-state index in [0.29, 0.717) is 6.54 Å². The van der Waals surface area contributed by atoms with Crippen molar-refractivity contribution in [3.8, 4) is 0 Å². The molecule has 0 saturated heterocycles. The van der Waals surface area contributed by atoms with Crippen molar-refractivity contribution in [3.05, 3.63) is 21.4 Å². The van der Waals surface area contributed by atoms with Crippen molar-refractivity contribution < 1.29 is 13.2 Å². The summed E-state index contributed by atoms with van der Waals surface area (Å²) in [6.45, 7) is 4.49. The van der Waals surface area contributed by atoms with Crippen molar-refractivity contribution in [3.63, 3.8) is 0 Å². The second kappa shape index (κ2) is 4.99. The zero-order chi connectivity index (χ0) is 11.5. The van der Waals surface area contributed by atoms with Crippen LogP contribution < -0.4 is 5.32 Å². The van der Waals surface area contributed by atoms with Crippen LogP contribution in [0.15, 0.2) is 6.07 Å². The third-order valence-electron chi connectivity index (χ3n) is 2.04. The molecule has 86 valence electrons. The molecule has 0 bridgehead atoms. The monoisotopic (exact) mass is 237 g/mol. The Labute approximate surface area is 91.3 Å². The molecule has 0 atom stereocenters. The van der Waals surface area contributed by atoms with Gasteiger partial charge in [-0.05, 0) is 25.5 Å². The molecule has 0 saturated carbocycles. The molecule has 15 heavy (non-hydrogen) atoms. The van der Waals surface area contributed by atoms with E-state index in [4.69, 9.17) is 0 Å². The van der Waals surface area contributed by atoms with E-state index in [1.165, 1.54) is 9.75 Å². The normalized spacial score (nSPS) is 12.1. The number of nitrogens with one attached hydrogen (secondary N) is 1. The van der Waals surface area contributed by atoms with E-state index < -0.39 is 12.6 Å². The summed E-state index contributed by atoms with van der Waals surface area (Å²) in [5, 5.41) is 2.80. The van der Waals surface area contributed by atoms with Gasteiger partial charge in [-0.15, -0.1) is 11.3 Å². The molecule has 0 fully saturated rings. The number of alkyl halides is 3. The highest BCUT2D eigenvalue weighted by molar-refractivity contribution is 7.12.